The van der Waals surface area contributed by atoms with Gasteiger partial charge in [-0.15, -0.1) is 0 Å². The zero-order valence-corrected chi connectivity index (χ0v) is 13.7. The summed E-state index contributed by atoms with van der Waals surface area (Å²) in [7, 11) is 2.23. The van der Waals surface area contributed by atoms with Gasteiger partial charge < -0.3 is 34.2 Å². The predicted molar refractivity (Wildman–Crippen MR) is 75.5 cm³/mol. The normalized spacial score (nSPS) is 29.0. The van der Waals surface area contributed by atoms with E-state index in [9.17, 15) is 19.2 Å². The maximum absolute atomic E-state index is 12.2. The first kappa shape index (κ1) is 18.8. The van der Waals surface area contributed by atoms with E-state index in [1.165, 1.54) is 0 Å². The topological polar surface area (TPSA) is 150 Å². The van der Waals surface area contributed by atoms with Crippen molar-refractivity contribution < 1.29 is 47.6 Å². The Morgan fingerprint density at radius 3 is 2.08 bits per heavy atom. The predicted octanol–water partition coefficient (Wildman–Crippen LogP) is -0.0927. The average Bonchev–Trinajstić information content (AvgIpc) is 3.24. The molecule has 0 aliphatic heterocycles. The number of hydrogen-bond donors (Lipinski definition) is 1. The van der Waals surface area contributed by atoms with Crippen LogP contribution >= 0.6 is 0 Å². The van der Waals surface area contributed by atoms with Crippen molar-refractivity contribution in [1.82, 2.24) is 0 Å². The lowest BCUT2D eigenvalue weighted by molar-refractivity contribution is -0.161. The minimum Gasteiger partial charge on any atom is -0.438 e. The molecule has 2 aliphatic rings. The molecule has 2 fully saturated rings. The van der Waals surface area contributed by atoms with Crippen LogP contribution in [0.2, 0.25) is 0 Å². The monoisotopic (exact) mass is 361 g/mol. The Morgan fingerprint density at radius 1 is 0.960 bits per heavy atom. The molecular weight excluding hydrogens is 342 g/mol. The molecule has 0 aromatic heterocycles. The smallest absolute Gasteiger partial charge is 0.438 e. The first-order valence-electron chi connectivity index (χ1n) is 7.39. The van der Waals surface area contributed by atoms with Crippen molar-refractivity contribution in [1.29, 1.82) is 0 Å². The van der Waals surface area contributed by atoms with Crippen LogP contribution in [-0.4, -0.2) is 57.6 Å². The number of nitrogens with two attached hydrogens (primary N) is 1. The van der Waals surface area contributed by atoms with Crippen LogP contribution in [0.3, 0.4) is 0 Å². The SMILES string of the molecule is COC(=O)OCOC(=O)[C@H]1[C@@H]2CC[C@@](N)(C(=O)OCOC(=O)OC)[C@@H]21. The van der Waals surface area contributed by atoms with Crippen LogP contribution in [0.25, 0.3) is 0 Å². The van der Waals surface area contributed by atoms with E-state index < -0.39 is 55.2 Å². The third-order valence-electron chi connectivity index (χ3n) is 4.39. The second-order valence-corrected chi connectivity index (χ2v) is 5.62. The number of methoxy groups -OCH3 is 2. The number of fused-ring (bicyclic) bond motifs is 1. The number of carbonyl (C=O) groups is 4. The molecule has 4 atom stereocenters. The lowest BCUT2D eigenvalue weighted by Crippen LogP contribution is -2.51. The van der Waals surface area contributed by atoms with E-state index in [2.05, 4.69) is 18.9 Å². The zero-order valence-electron chi connectivity index (χ0n) is 13.7. The Bertz CT molecular complexity index is 564. The lowest BCUT2D eigenvalue weighted by Gasteiger charge is -2.24. The molecule has 2 aliphatic carbocycles. The minimum atomic E-state index is -1.36. The Kier molecular flexibility index (Phi) is 5.67. The van der Waals surface area contributed by atoms with Gasteiger partial charge in [0.2, 0.25) is 13.6 Å². The number of rotatable bonds is 6. The second kappa shape index (κ2) is 7.55. The number of carbonyl (C=O) groups excluding carboxylic acids is 4. The van der Waals surface area contributed by atoms with Crippen molar-refractivity contribution in [2.45, 2.75) is 18.4 Å². The largest absolute Gasteiger partial charge is 0.510 e. The van der Waals surface area contributed by atoms with Crippen LogP contribution < -0.4 is 5.73 Å². The third-order valence-corrected chi connectivity index (χ3v) is 4.39. The quantitative estimate of drug-likeness (QED) is 0.384. The van der Waals surface area contributed by atoms with Gasteiger partial charge in [0, 0.05) is 5.92 Å². The maximum Gasteiger partial charge on any atom is 0.510 e. The van der Waals surface area contributed by atoms with Gasteiger partial charge in [-0.3, -0.25) is 4.79 Å². The van der Waals surface area contributed by atoms with E-state index in [0.717, 1.165) is 14.2 Å². The summed E-state index contributed by atoms with van der Waals surface area (Å²) in [5.74, 6) is -2.51. The van der Waals surface area contributed by atoms with Gasteiger partial charge >= 0.3 is 24.2 Å². The Morgan fingerprint density at radius 2 is 1.52 bits per heavy atom. The Balaban J connectivity index is 1.82. The summed E-state index contributed by atoms with van der Waals surface area (Å²) in [6.07, 6.45) is -1.10. The van der Waals surface area contributed by atoms with Crippen molar-refractivity contribution in [2.75, 3.05) is 27.8 Å². The number of ether oxygens (including phenoxy) is 6. The summed E-state index contributed by atoms with van der Waals surface area (Å²) >= 11 is 0. The van der Waals surface area contributed by atoms with E-state index >= 15 is 0 Å². The van der Waals surface area contributed by atoms with Crippen molar-refractivity contribution >= 4 is 24.2 Å². The van der Waals surface area contributed by atoms with Gasteiger partial charge in [0.15, 0.2) is 0 Å². The molecular formula is C14H19NO10. The van der Waals surface area contributed by atoms with Gasteiger partial charge in [-0.1, -0.05) is 0 Å². The molecule has 140 valence electrons. The van der Waals surface area contributed by atoms with Crippen LogP contribution in [0.5, 0.6) is 0 Å². The molecule has 0 amide bonds. The van der Waals surface area contributed by atoms with Gasteiger partial charge in [-0.25, -0.2) is 14.4 Å². The molecule has 25 heavy (non-hydrogen) atoms. The highest BCUT2D eigenvalue weighted by atomic mass is 16.8. The van der Waals surface area contributed by atoms with Crippen LogP contribution in [0, 0.1) is 17.8 Å². The molecule has 11 nitrogen and oxygen atoms in total. The minimum absolute atomic E-state index is 0.107. The molecule has 0 heterocycles. The summed E-state index contributed by atoms with van der Waals surface area (Å²) in [6, 6.07) is 0. The fraction of sp³-hybridized carbons (Fsp3) is 0.714. The van der Waals surface area contributed by atoms with Crippen molar-refractivity contribution in [3.8, 4) is 0 Å². The highest BCUT2D eigenvalue weighted by Crippen LogP contribution is 2.62. The van der Waals surface area contributed by atoms with Crippen LogP contribution in [-0.2, 0) is 38.0 Å². The van der Waals surface area contributed by atoms with Crippen molar-refractivity contribution in [3.63, 3.8) is 0 Å². The van der Waals surface area contributed by atoms with E-state index in [4.69, 9.17) is 15.2 Å². The lowest BCUT2D eigenvalue weighted by atomic mass is 9.91. The van der Waals surface area contributed by atoms with Gasteiger partial charge in [-0.05, 0) is 18.8 Å². The Labute approximate surface area is 142 Å². The molecule has 0 saturated heterocycles. The van der Waals surface area contributed by atoms with E-state index in [0.29, 0.717) is 12.8 Å². The van der Waals surface area contributed by atoms with E-state index in [-0.39, 0.29) is 5.92 Å². The van der Waals surface area contributed by atoms with Crippen molar-refractivity contribution in [2.24, 2.45) is 23.5 Å². The molecule has 2 saturated carbocycles. The van der Waals surface area contributed by atoms with Crippen LogP contribution in [0.4, 0.5) is 9.59 Å². The third kappa shape index (κ3) is 3.92. The standard InChI is InChI=1S/C14H19NO10/c1-20-12(18)24-5-22-10(16)8-7-3-4-14(15,9(7)8)11(17)23-6-25-13(19)21-2/h7-9H,3-6,15H2,1-2H3/t7-,8-,9-,14-/m0/s1. The first-order chi connectivity index (χ1) is 11.8. The molecule has 0 unspecified atom stereocenters. The molecule has 0 bridgehead atoms. The summed E-state index contributed by atoms with van der Waals surface area (Å²) in [5.41, 5.74) is 4.74. The van der Waals surface area contributed by atoms with Gasteiger partial charge in [0.25, 0.3) is 0 Å². The fourth-order valence-electron chi connectivity index (χ4n) is 3.18. The summed E-state index contributed by atoms with van der Waals surface area (Å²) < 4.78 is 27.0. The second-order valence-electron chi connectivity index (χ2n) is 5.62. The zero-order chi connectivity index (χ0) is 18.6. The molecule has 0 radical (unpaired) electrons. The van der Waals surface area contributed by atoms with Crippen molar-refractivity contribution in [3.05, 3.63) is 0 Å². The van der Waals surface area contributed by atoms with E-state index in [1.54, 1.807) is 0 Å². The maximum atomic E-state index is 12.2. The van der Waals surface area contributed by atoms with Gasteiger partial charge in [0.05, 0.1) is 20.1 Å². The Hall–Kier alpha value is -2.56. The van der Waals surface area contributed by atoms with Gasteiger partial charge in [-0.2, -0.15) is 0 Å². The van der Waals surface area contributed by atoms with Crippen LogP contribution in [0.1, 0.15) is 12.8 Å². The number of hydrogen-bond acceptors (Lipinski definition) is 11. The molecule has 0 spiro atoms. The molecule has 2 rings (SSSR count). The average molecular weight is 361 g/mol. The highest BCUT2D eigenvalue weighted by Gasteiger charge is 2.70. The summed E-state index contributed by atoms with van der Waals surface area (Å²) in [5, 5.41) is 0. The summed E-state index contributed by atoms with van der Waals surface area (Å²) in [4.78, 5) is 45.7. The first-order valence-corrected chi connectivity index (χ1v) is 7.39. The summed E-state index contributed by atoms with van der Waals surface area (Å²) in [6.45, 7) is -1.22. The molecule has 11 heteroatoms. The molecule has 0 aromatic rings. The van der Waals surface area contributed by atoms with Gasteiger partial charge in [0.1, 0.15) is 5.54 Å². The number of esters is 2. The fourth-order valence-corrected chi connectivity index (χ4v) is 3.18. The molecule has 2 N–H and O–H groups in total. The van der Waals surface area contributed by atoms with E-state index in [1.807, 2.05) is 0 Å². The highest BCUT2D eigenvalue weighted by molar-refractivity contribution is 5.87. The van der Waals surface area contributed by atoms with Crippen LogP contribution in [0.15, 0.2) is 0 Å². The molecule has 0 aromatic carbocycles.